The Labute approximate surface area is 111 Å². The van der Waals surface area contributed by atoms with Crippen molar-refractivity contribution in [1.82, 2.24) is 10.2 Å². The van der Waals surface area contributed by atoms with Crippen LogP contribution in [0.15, 0.2) is 0 Å². The van der Waals surface area contributed by atoms with Crippen molar-refractivity contribution >= 4 is 5.97 Å². The van der Waals surface area contributed by atoms with E-state index in [2.05, 4.69) is 17.1 Å². The molecule has 0 spiro atoms. The van der Waals surface area contributed by atoms with Crippen LogP contribution in [0.1, 0.15) is 46.0 Å². The molecule has 2 N–H and O–H groups in total. The molecule has 0 bridgehead atoms. The summed E-state index contributed by atoms with van der Waals surface area (Å²) in [7, 11) is 1.75. The SMILES string of the molecule is CCC(CCCN1CCCC(C)C1)(NC)C(=O)O. The van der Waals surface area contributed by atoms with Crippen LogP contribution in [0.3, 0.4) is 0 Å². The average Bonchev–Trinajstić information content (AvgIpc) is 2.35. The Hall–Kier alpha value is -0.610. The van der Waals surface area contributed by atoms with Gasteiger partial charge in [0.1, 0.15) is 5.54 Å². The standard InChI is InChI=1S/C14H28N2O2/c1-4-14(15-3,13(17)18)8-6-10-16-9-5-7-12(2)11-16/h12,15H,4-11H2,1-3H3,(H,17,18). The Morgan fingerprint density at radius 3 is 2.78 bits per heavy atom. The predicted molar refractivity (Wildman–Crippen MR) is 73.8 cm³/mol. The van der Waals surface area contributed by atoms with Gasteiger partial charge < -0.3 is 15.3 Å². The van der Waals surface area contributed by atoms with Crippen LogP contribution in [0.5, 0.6) is 0 Å². The number of nitrogens with zero attached hydrogens (tertiary/aromatic N) is 1. The summed E-state index contributed by atoms with van der Waals surface area (Å²) >= 11 is 0. The van der Waals surface area contributed by atoms with Crippen LogP contribution in [0.4, 0.5) is 0 Å². The van der Waals surface area contributed by atoms with Crippen molar-refractivity contribution in [3.63, 3.8) is 0 Å². The molecule has 1 rings (SSSR count). The lowest BCUT2D eigenvalue weighted by Crippen LogP contribution is -2.50. The van der Waals surface area contributed by atoms with Gasteiger partial charge in [0.05, 0.1) is 0 Å². The van der Waals surface area contributed by atoms with Crippen molar-refractivity contribution in [2.24, 2.45) is 5.92 Å². The quantitative estimate of drug-likeness (QED) is 0.731. The Balaban J connectivity index is 2.37. The third-order valence-electron chi connectivity index (χ3n) is 4.31. The molecule has 2 unspecified atom stereocenters. The molecule has 0 aliphatic carbocycles. The number of likely N-dealkylation sites (tertiary alicyclic amines) is 1. The second-order valence-corrected chi connectivity index (χ2v) is 5.64. The number of carboxylic acids is 1. The predicted octanol–water partition coefficient (Wildman–Crippen LogP) is 1.95. The fourth-order valence-electron chi connectivity index (χ4n) is 2.94. The van der Waals surface area contributed by atoms with Crippen molar-refractivity contribution in [3.05, 3.63) is 0 Å². The topological polar surface area (TPSA) is 52.6 Å². The zero-order valence-electron chi connectivity index (χ0n) is 12.0. The van der Waals surface area contributed by atoms with E-state index in [0.29, 0.717) is 12.8 Å². The lowest BCUT2D eigenvalue weighted by molar-refractivity contribution is -0.145. The first-order valence-electron chi connectivity index (χ1n) is 7.18. The fourth-order valence-corrected chi connectivity index (χ4v) is 2.94. The van der Waals surface area contributed by atoms with Gasteiger partial charge in [-0.3, -0.25) is 4.79 Å². The van der Waals surface area contributed by atoms with Gasteiger partial charge in [-0.15, -0.1) is 0 Å². The molecule has 18 heavy (non-hydrogen) atoms. The molecule has 4 nitrogen and oxygen atoms in total. The summed E-state index contributed by atoms with van der Waals surface area (Å²) in [4.78, 5) is 13.8. The minimum absolute atomic E-state index is 0.634. The Morgan fingerprint density at radius 1 is 1.56 bits per heavy atom. The summed E-state index contributed by atoms with van der Waals surface area (Å²) < 4.78 is 0. The van der Waals surface area contributed by atoms with Gasteiger partial charge >= 0.3 is 5.97 Å². The molecule has 1 aliphatic heterocycles. The third kappa shape index (κ3) is 3.95. The Bertz CT molecular complexity index is 265. The number of piperidine rings is 1. The molecule has 2 atom stereocenters. The van der Waals surface area contributed by atoms with Crippen LogP contribution in [-0.4, -0.2) is 48.2 Å². The lowest BCUT2D eigenvalue weighted by Gasteiger charge is -2.33. The van der Waals surface area contributed by atoms with E-state index in [9.17, 15) is 9.90 Å². The number of hydrogen-bond acceptors (Lipinski definition) is 3. The maximum absolute atomic E-state index is 11.3. The van der Waals surface area contributed by atoms with Gasteiger partial charge in [0.2, 0.25) is 0 Å². The molecule has 1 saturated heterocycles. The second-order valence-electron chi connectivity index (χ2n) is 5.64. The van der Waals surface area contributed by atoms with Gasteiger partial charge in [-0.25, -0.2) is 0 Å². The van der Waals surface area contributed by atoms with E-state index in [0.717, 1.165) is 18.9 Å². The maximum Gasteiger partial charge on any atom is 0.323 e. The summed E-state index contributed by atoms with van der Waals surface area (Å²) in [6.45, 7) is 7.61. The zero-order chi connectivity index (χ0) is 13.6. The normalized spacial score (nSPS) is 24.7. The zero-order valence-corrected chi connectivity index (χ0v) is 12.0. The monoisotopic (exact) mass is 256 g/mol. The molecule has 1 fully saturated rings. The molecule has 0 amide bonds. The van der Waals surface area contributed by atoms with Gasteiger partial charge in [0, 0.05) is 6.54 Å². The van der Waals surface area contributed by atoms with Gasteiger partial charge in [0.15, 0.2) is 0 Å². The molecule has 0 radical (unpaired) electrons. The highest BCUT2D eigenvalue weighted by Gasteiger charge is 2.34. The number of aliphatic carboxylic acids is 1. The van der Waals surface area contributed by atoms with Crippen LogP contribution < -0.4 is 5.32 Å². The van der Waals surface area contributed by atoms with Gasteiger partial charge in [-0.1, -0.05) is 13.8 Å². The minimum Gasteiger partial charge on any atom is -0.480 e. The molecule has 106 valence electrons. The molecule has 1 aliphatic rings. The smallest absolute Gasteiger partial charge is 0.323 e. The number of carboxylic acid groups (broad SMARTS) is 1. The molecule has 0 aromatic heterocycles. The fraction of sp³-hybridized carbons (Fsp3) is 0.929. The summed E-state index contributed by atoms with van der Waals surface area (Å²) in [5, 5.41) is 12.3. The molecule has 1 heterocycles. The van der Waals surface area contributed by atoms with Gasteiger partial charge in [-0.2, -0.15) is 0 Å². The number of hydrogen-bond donors (Lipinski definition) is 2. The van der Waals surface area contributed by atoms with Crippen LogP contribution in [-0.2, 0) is 4.79 Å². The molecular weight excluding hydrogens is 228 g/mol. The third-order valence-corrected chi connectivity index (χ3v) is 4.31. The largest absolute Gasteiger partial charge is 0.480 e. The number of nitrogens with one attached hydrogen (secondary N) is 1. The molecular formula is C14H28N2O2. The van der Waals surface area contributed by atoms with E-state index < -0.39 is 11.5 Å². The number of rotatable bonds is 7. The lowest BCUT2D eigenvalue weighted by atomic mass is 9.90. The van der Waals surface area contributed by atoms with E-state index in [4.69, 9.17) is 0 Å². The van der Waals surface area contributed by atoms with Gasteiger partial charge in [-0.05, 0) is 58.2 Å². The maximum atomic E-state index is 11.3. The molecule has 0 aromatic carbocycles. The number of carbonyl (C=O) groups is 1. The highest BCUT2D eigenvalue weighted by atomic mass is 16.4. The van der Waals surface area contributed by atoms with E-state index in [1.54, 1.807) is 7.05 Å². The van der Waals surface area contributed by atoms with Gasteiger partial charge in [0.25, 0.3) is 0 Å². The highest BCUT2D eigenvalue weighted by Crippen LogP contribution is 2.20. The van der Waals surface area contributed by atoms with E-state index in [-0.39, 0.29) is 0 Å². The Kier molecular flexibility index (Phi) is 6.09. The van der Waals surface area contributed by atoms with Crippen LogP contribution in [0.25, 0.3) is 0 Å². The van der Waals surface area contributed by atoms with Crippen molar-refractivity contribution in [2.75, 3.05) is 26.7 Å². The van der Waals surface area contributed by atoms with E-state index >= 15 is 0 Å². The highest BCUT2D eigenvalue weighted by molar-refractivity contribution is 5.78. The first kappa shape index (κ1) is 15.4. The first-order chi connectivity index (χ1) is 8.54. The van der Waals surface area contributed by atoms with Crippen LogP contribution >= 0.6 is 0 Å². The van der Waals surface area contributed by atoms with Crippen LogP contribution in [0.2, 0.25) is 0 Å². The second kappa shape index (κ2) is 7.10. The van der Waals surface area contributed by atoms with Crippen molar-refractivity contribution in [3.8, 4) is 0 Å². The van der Waals surface area contributed by atoms with E-state index in [1.807, 2.05) is 6.92 Å². The molecule has 0 aromatic rings. The average molecular weight is 256 g/mol. The van der Waals surface area contributed by atoms with Crippen molar-refractivity contribution in [2.45, 2.75) is 51.5 Å². The first-order valence-corrected chi connectivity index (χ1v) is 7.18. The van der Waals surface area contributed by atoms with E-state index in [1.165, 1.54) is 25.9 Å². The summed E-state index contributed by atoms with van der Waals surface area (Å²) in [5.74, 6) is 0.0676. The van der Waals surface area contributed by atoms with Crippen molar-refractivity contribution < 1.29 is 9.90 Å². The Morgan fingerprint density at radius 2 is 2.28 bits per heavy atom. The number of likely N-dealkylation sites (N-methyl/N-ethyl adjacent to an activating group) is 1. The van der Waals surface area contributed by atoms with Crippen LogP contribution in [0, 0.1) is 5.92 Å². The molecule has 4 heteroatoms. The van der Waals surface area contributed by atoms with Crippen molar-refractivity contribution in [1.29, 1.82) is 0 Å². The summed E-state index contributed by atoms with van der Waals surface area (Å²) in [5.41, 5.74) is -0.735. The molecule has 0 saturated carbocycles. The summed E-state index contributed by atoms with van der Waals surface area (Å²) in [6, 6.07) is 0. The summed E-state index contributed by atoms with van der Waals surface area (Å²) in [6.07, 6.45) is 4.91. The minimum atomic E-state index is -0.735.